The number of aliphatic hydroxyl groups excluding tert-OH is 1. The molecule has 2 heteroatoms. The minimum atomic E-state index is 0.275. The Morgan fingerprint density at radius 1 is 1.42 bits per heavy atom. The van der Waals surface area contributed by atoms with E-state index in [1.807, 2.05) is 0 Å². The second kappa shape index (κ2) is 4.24. The molecule has 0 spiro atoms. The third kappa shape index (κ3) is 3.11. The number of rotatable bonds is 6. The molecule has 2 nitrogen and oxygen atoms in total. The normalized spacial score (nSPS) is 20.0. The smallest absolute Gasteiger partial charge is 0.0499 e. The maximum atomic E-state index is 9.03. The Kier molecular flexibility index (Phi) is 3.53. The van der Waals surface area contributed by atoms with Crippen molar-refractivity contribution in [2.45, 2.75) is 33.1 Å². The van der Waals surface area contributed by atoms with E-state index >= 15 is 0 Å². The molecule has 1 rings (SSSR count). The van der Waals surface area contributed by atoms with Crippen LogP contribution >= 0.6 is 0 Å². The maximum Gasteiger partial charge on any atom is 0.0499 e. The van der Waals surface area contributed by atoms with Crippen molar-refractivity contribution in [2.24, 2.45) is 11.3 Å². The van der Waals surface area contributed by atoms with Crippen LogP contribution in [0.5, 0.6) is 0 Å². The third-order valence-corrected chi connectivity index (χ3v) is 2.69. The van der Waals surface area contributed by atoms with Crippen molar-refractivity contribution in [1.82, 2.24) is 5.32 Å². The minimum Gasteiger partial charge on any atom is -0.396 e. The Morgan fingerprint density at radius 2 is 2.08 bits per heavy atom. The summed E-state index contributed by atoms with van der Waals surface area (Å²) in [5.74, 6) is 0.779. The van der Waals surface area contributed by atoms with E-state index in [9.17, 15) is 0 Å². The number of nitrogens with one attached hydrogen (secondary N) is 1. The van der Waals surface area contributed by atoms with Crippen LogP contribution in [0.4, 0.5) is 0 Å². The molecule has 0 atom stereocenters. The molecule has 0 aromatic rings. The van der Waals surface area contributed by atoms with Crippen LogP contribution in [-0.2, 0) is 0 Å². The molecular formula is C10H21NO. The fraction of sp³-hybridized carbons (Fsp3) is 1.00. The van der Waals surface area contributed by atoms with E-state index in [0.717, 1.165) is 19.0 Å². The van der Waals surface area contributed by atoms with Crippen LogP contribution < -0.4 is 5.32 Å². The van der Waals surface area contributed by atoms with Gasteiger partial charge in [0, 0.05) is 18.6 Å². The molecule has 0 unspecified atom stereocenters. The van der Waals surface area contributed by atoms with Gasteiger partial charge in [-0.3, -0.25) is 0 Å². The largest absolute Gasteiger partial charge is 0.396 e. The van der Waals surface area contributed by atoms with Crippen molar-refractivity contribution in [3.05, 3.63) is 0 Å². The summed E-state index contributed by atoms with van der Waals surface area (Å²) in [6, 6.07) is 0. The molecule has 0 heterocycles. The topological polar surface area (TPSA) is 32.3 Å². The fourth-order valence-corrected chi connectivity index (χ4v) is 1.31. The summed E-state index contributed by atoms with van der Waals surface area (Å²) in [4.78, 5) is 0. The summed E-state index contributed by atoms with van der Waals surface area (Å²) >= 11 is 0. The summed E-state index contributed by atoms with van der Waals surface area (Å²) in [5.41, 5.74) is 0.275. The Bertz CT molecular complexity index is 130. The maximum absolute atomic E-state index is 9.03. The summed E-state index contributed by atoms with van der Waals surface area (Å²) in [7, 11) is 0. The monoisotopic (exact) mass is 171 g/mol. The van der Waals surface area contributed by atoms with Gasteiger partial charge in [0.15, 0.2) is 0 Å². The average Bonchev–Trinajstić information content (AvgIpc) is 2.79. The first-order valence-corrected chi connectivity index (χ1v) is 5.00. The SMILES string of the molecule is CC(C)CCNCC1(CO)CC1. The highest BCUT2D eigenvalue weighted by Gasteiger charge is 2.41. The predicted octanol–water partition coefficient (Wildman–Crippen LogP) is 1.39. The van der Waals surface area contributed by atoms with Gasteiger partial charge in [-0.25, -0.2) is 0 Å². The molecule has 72 valence electrons. The molecule has 0 aliphatic heterocycles. The van der Waals surface area contributed by atoms with Crippen molar-refractivity contribution in [1.29, 1.82) is 0 Å². The summed E-state index contributed by atoms with van der Waals surface area (Å²) in [6.45, 7) is 6.94. The number of hydrogen-bond donors (Lipinski definition) is 2. The van der Waals surface area contributed by atoms with Crippen LogP contribution in [0.2, 0.25) is 0 Å². The van der Waals surface area contributed by atoms with E-state index in [0.29, 0.717) is 6.61 Å². The summed E-state index contributed by atoms with van der Waals surface area (Å²) < 4.78 is 0. The highest BCUT2D eigenvalue weighted by Crippen LogP contribution is 2.44. The molecule has 1 aliphatic rings. The van der Waals surface area contributed by atoms with Crippen molar-refractivity contribution in [2.75, 3.05) is 19.7 Å². The van der Waals surface area contributed by atoms with Gasteiger partial charge in [-0.15, -0.1) is 0 Å². The number of aliphatic hydroxyl groups is 1. The first-order valence-electron chi connectivity index (χ1n) is 5.00. The lowest BCUT2D eigenvalue weighted by molar-refractivity contribution is 0.207. The van der Waals surface area contributed by atoms with Gasteiger partial charge in [-0.2, -0.15) is 0 Å². The molecule has 0 bridgehead atoms. The van der Waals surface area contributed by atoms with Gasteiger partial charge >= 0.3 is 0 Å². The van der Waals surface area contributed by atoms with Crippen molar-refractivity contribution in [3.63, 3.8) is 0 Å². The second-order valence-corrected chi connectivity index (χ2v) is 4.52. The van der Waals surface area contributed by atoms with Gasteiger partial charge in [-0.05, 0) is 31.7 Å². The van der Waals surface area contributed by atoms with Gasteiger partial charge < -0.3 is 10.4 Å². The van der Waals surface area contributed by atoms with Crippen molar-refractivity contribution in [3.8, 4) is 0 Å². The van der Waals surface area contributed by atoms with E-state index < -0.39 is 0 Å². The number of hydrogen-bond acceptors (Lipinski definition) is 2. The van der Waals surface area contributed by atoms with E-state index in [4.69, 9.17) is 5.11 Å². The van der Waals surface area contributed by atoms with Gasteiger partial charge in [0.2, 0.25) is 0 Å². The Labute approximate surface area is 75.4 Å². The van der Waals surface area contributed by atoms with Crippen molar-refractivity contribution >= 4 is 0 Å². The first kappa shape index (κ1) is 10.0. The molecule has 0 radical (unpaired) electrons. The van der Waals surface area contributed by atoms with E-state index in [1.54, 1.807) is 0 Å². The minimum absolute atomic E-state index is 0.275. The molecule has 2 N–H and O–H groups in total. The van der Waals surface area contributed by atoms with Crippen LogP contribution in [0, 0.1) is 11.3 Å². The molecule has 12 heavy (non-hydrogen) atoms. The van der Waals surface area contributed by atoms with Gasteiger partial charge in [0.1, 0.15) is 0 Å². The third-order valence-electron chi connectivity index (χ3n) is 2.69. The molecule has 0 saturated heterocycles. The van der Waals surface area contributed by atoms with Crippen LogP contribution in [-0.4, -0.2) is 24.8 Å². The average molecular weight is 171 g/mol. The Hall–Kier alpha value is -0.0800. The lowest BCUT2D eigenvalue weighted by Crippen LogP contribution is -2.27. The lowest BCUT2D eigenvalue weighted by Gasteiger charge is -2.13. The standard InChI is InChI=1S/C10H21NO/c1-9(2)3-6-11-7-10(8-12)4-5-10/h9,11-12H,3-8H2,1-2H3. The zero-order chi connectivity index (χ0) is 9.03. The van der Waals surface area contributed by atoms with E-state index in [-0.39, 0.29) is 5.41 Å². The molecule has 0 aromatic carbocycles. The Morgan fingerprint density at radius 3 is 2.50 bits per heavy atom. The van der Waals surface area contributed by atoms with Gasteiger partial charge in [-0.1, -0.05) is 13.8 Å². The lowest BCUT2D eigenvalue weighted by atomic mass is 10.1. The zero-order valence-electron chi connectivity index (χ0n) is 8.27. The molecular weight excluding hydrogens is 150 g/mol. The highest BCUT2D eigenvalue weighted by atomic mass is 16.3. The second-order valence-electron chi connectivity index (χ2n) is 4.52. The van der Waals surface area contributed by atoms with Crippen molar-refractivity contribution < 1.29 is 5.11 Å². The van der Waals surface area contributed by atoms with Gasteiger partial charge in [0.05, 0.1) is 0 Å². The molecule has 1 aliphatic carbocycles. The first-order chi connectivity index (χ1) is 5.68. The zero-order valence-corrected chi connectivity index (χ0v) is 8.27. The Balaban J connectivity index is 1.95. The molecule has 0 aromatic heterocycles. The molecule has 0 amide bonds. The fourth-order valence-electron chi connectivity index (χ4n) is 1.31. The molecule has 1 fully saturated rings. The van der Waals surface area contributed by atoms with E-state index in [1.165, 1.54) is 19.3 Å². The summed E-state index contributed by atoms with van der Waals surface area (Å²) in [6.07, 6.45) is 3.65. The predicted molar refractivity (Wildman–Crippen MR) is 51.1 cm³/mol. The van der Waals surface area contributed by atoms with Crippen LogP contribution in [0.3, 0.4) is 0 Å². The van der Waals surface area contributed by atoms with Crippen LogP contribution in [0.1, 0.15) is 33.1 Å². The van der Waals surface area contributed by atoms with Gasteiger partial charge in [0.25, 0.3) is 0 Å². The van der Waals surface area contributed by atoms with Crippen LogP contribution in [0.25, 0.3) is 0 Å². The van der Waals surface area contributed by atoms with Crippen LogP contribution in [0.15, 0.2) is 0 Å². The molecule has 1 saturated carbocycles. The highest BCUT2D eigenvalue weighted by molar-refractivity contribution is 4.94. The quantitative estimate of drug-likeness (QED) is 0.592. The summed E-state index contributed by atoms with van der Waals surface area (Å²) in [5, 5.41) is 12.4. The van der Waals surface area contributed by atoms with E-state index in [2.05, 4.69) is 19.2 Å².